The molecule has 0 fully saturated rings. The van der Waals surface area contributed by atoms with E-state index in [1.165, 1.54) is 17.0 Å². The van der Waals surface area contributed by atoms with Gasteiger partial charge in [-0.3, -0.25) is 4.79 Å². The lowest BCUT2D eigenvalue weighted by Crippen LogP contribution is -2.48. The van der Waals surface area contributed by atoms with Crippen LogP contribution < -0.4 is 5.32 Å². The van der Waals surface area contributed by atoms with Gasteiger partial charge in [-0.15, -0.1) is 0 Å². The summed E-state index contributed by atoms with van der Waals surface area (Å²) in [6.45, 7) is 3.97. The van der Waals surface area contributed by atoms with Crippen LogP contribution in [-0.4, -0.2) is 70.3 Å². The standard InChI is InChI=1S/C34H37F3N4O4/c1-21-17-41(22(2)19-42)32(43)31-30(27-14-7-8-15-28(27)40(31)4)26-13-6-5-10-23(26)20-45-29(21)18-39(3)33(44)38-25-12-9-11-24(16-25)34(35,36)37/h5-16,21-22,29,42H,17-20H2,1-4H3,(H,38,44)/t21-,22-,29-/m1/s1. The number of hydrogen-bond acceptors (Lipinski definition) is 4. The first kappa shape index (κ1) is 32.1. The van der Waals surface area contributed by atoms with E-state index in [1.54, 1.807) is 18.9 Å². The number of anilines is 1. The number of likely N-dealkylation sites (N-methyl/N-ethyl adjacent to an activating group) is 1. The molecule has 3 aromatic carbocycles. The molecule has 1 aromatic heterocycles. The summed E-state index contributed by atoms with van der Waals surface area (Å²) < 4.78 is 48.0. The zero-order chi connectivity index (χ0) is 32.5. The van der Waals surface area contributed by atoms with E-state index in [0.29, 0.717) is 5.69 Å². The minimum Gasteiger partial charge on any atom is -0.394 e. The minimum absolute atomic E-state index is 0.0190. The summed E-state index contributed by atoms with van der Waals surface area (Å²) in [6, 6.07) is 18.9. The highest BCUT2D eigenvalue weighted by atomic mass is 19.4. The average Bonchev–Trinajstić information content (AvgIpc) is 3.31. The highest BCUT2D eigenvalue weighted by Gasteiger charge is 2.34. The first-order chi connectivity index (χ1) is 21.4. The van der Waals surface area contributed by atoms with Crippen molar-refractivity contribution < 1.29 is 32.6 Å². The van der Waals surface area contributed by atoms with Crippen LogP contribution in [0.4, 0.5) is 23.7 Å². The van der Waals surface area contributed by atoms with E-state index in [1.807, 2.05) is 67.1 Å². The van der Waals surface area contributed by atoms with Crippen molar-refractivity contribution in [1.82, 2.24) is 14.4 Å². The third-order valence-electron chi connectivity index (χ3n) is 8.47. The van der Waals surface area contributed by atoms with E-state index in [9.17, 15) is 27.9 Å². The first-order valence-electron chi connectivity index (χ1n) is 14.8. The Kier molecular flexibility index (Phi) is 9.22. The van der Waals surface area contributed by atoms with Crippen LogP contribution in [0, 0.1) is 5.92 Å². The van der Waals surface area contributed by atoms with Gasteiger partial charge in [0.25, 0.3) is 5.91 Å². The van der Waals surface area contributed by atoms with Gasteiger partial charge >= 0.3 is 12.2 Å². The fourth-order valence-corrected chi connectivity index (χ4v) is 5.87. The molecule has 4 aromatic rings. The number of rotatable bonds is 5. The Balaban J connectivity index is 1.49. The van der Waals surface area contributed by atoms with E-state index in [4.69, 9.17) is 4.74 Å². The van der Waals surface area contributed by atoms with Crippen molar-refractivity contribution in [3.63, 3.8) is 0 Å². The van der Waals surface area contributed by atoms with E-state index in [0.717, 1.165) is 39.7 Å². The number of aliphatic hydroxyl groups excluding tert-OH is 1. The van der Waals surface area contributed by atoms with Crippen molar-refractivity contribution in [2.24, 2.45) is 13.0 Å². The zero-order valence-electron chi connectivity index (χ0n) is 25.6. The van der Waals surface area contributed by atoms with Crippen molar-refractivity contribution in [1.29, 1.82) is 0 Å². The molecule has 8 nitrogen and oxygen atoms in total. The number of aliphatic hydroxyl groups is 1. The van der Waals surface area contributed by atoms with Crippen molar-refractivity contribution >= 4 is 28.5 Å². The second-order valence-electron chi connectivity index (χ2n) is 11.7. The van der Waals surface area contributed by atoms with Crippen LogP contribution >= 0.6 is 0 Å². The highest BCUT2D eigenvalue weighted by molar-refractivity contribution is 6.10. The molecule has 0 saturated carbocycles. The van der Waals surface area contributed by atoms with Crippen LogP contribution in [0.25, 0.3) is 22.0 Å². The molecule has 0 unspecified atom stereocenters. The number of alkyl halides is 3. The van der Waals surface area contributed by atoms with E-state index in [2.05, 4.69) is 5.32 Å². The number of aromatic nitrogens is 1. The molecule has 45 heavy (non-hydrogen) atoms. The van der Waals surface area contributed by atoms with Gasteiger partial charge in [-0.25, -0.2) is 4.79 Å². The number of ether oxygens (including phenoxy) is 1. The maximum atomic E-state index is 14.4. The molecule has 2 N–H and O–H groups in total. The SMILES string of the molecule is C[C@@H]1CN([C@H](C)CO)C(=O)c2c(c3ccccc3n2C)-c2ccccc2CO[C@@H]1CN(C)C(=O)Nc1cccc(C(F)(F)F)c1. The molecule has 0 saturated heterocycles. The van der Waals surface area contributed by atoms with Gasteiger partial charge in [-0.05, 0) is 42.3 Å². The Hall–Kier alpha value is -4.35. The summed E-state index contributed by atoms with van der Waals surface area (Å²) in [5.41, 5.74) is 3.06. The predicted molar refractivity (Wildman–Crippen MR) is 167 cm³/mol. The van der Waals surface area contributed by atoms with Crippen LogP contribution in [0.3, 0.4) is 0 Å². The topological polar surface area (TPSA) is 87.0 Å². The van der Waals surface area contributed by atoms with Crippen LogP contribution in [-0.2, 0) is 24.6 Å². The Morgan fingerprint density at radius 2 is 1.82 bits per heavy atom. The fourth-order valence-electron chi connectivity index (χ4n) is 5.87. The number of benzene rings is 3. The normalized spacial score (nSPS) is 18.1. The lowest BCUT2D eigenvalue weighted by molar-refractivity contribution is -0.137. The monoisotopic (exact) mass is 622 g/mol. The predicted octanol–water partition coefficient (Wildman–Crippen LogP) is 6.39. The summed E-state index contributed by atoms with van der Waals surface area (Å²) in [7, 11) is 3.41. The number of carbonyl (C=O) groups excluding carboxylic acids is 2. The third kappa shape index (κ3) is 6.55. The number of hydrogen-bond donors (Lipinski definition) is 2. The lowest BCUT2D eigenvalue weighted by atomic mass is 9.96. The fraction of sp³-hybridized carbons (Fsp3) is 0.353. The quantitative estimate of drug-likeness (QED) is 0.270. The van der Waals surface area contributed by atoms with Gasteiger partial charge in [0, 0.05) is 55.3 Å². The van der Waals surface area contributed by atoms with Crippen molar-refractivity contribution in [2.45, 2.75) is 38.8 Å². The molecule has 2 heterocycles. The number of amides is 3. The Morgan fingerprint density at radius 1 is 1.11 bits per heavy atom. The third-order valence-corrected chi connectivity index (χ3v) is 8.47. The molecule has 5 rings (SSSR count). The summed E-state index contributed by atoms with van der Waals surface area (Å²) in [4.78, 5) is 30.6. The van der Waals surface area contributed by atoms with Gasteiger partial charge in [0.1, 0.15) is 5.69 Å². The van der Waals surface area contributed by atoms with Crippen molar-refractivity contribution in [3.8, 4) is 11.1 Å². The summed E-state index contributed by atoms with van der Waals surface area (Å²) in [5.74, 6) is -0.529. The number of urea groups is 1. The maximum absolute atomic E-state index is 14.4. The van der Waals surface area contributed by atoms with Gasteiger partial charge in [-0.1, -0.05) is 55.5 Å². The number of nitrogens with one attached hydrogen (secondary N) is 1. The number of nitrogens with zero attached hydrogens (tertiary/aromatic N) is 3. The van der Waals surface area contributed by atoms with Crippen LogP contribution in [0.1, 0.15) is 35.5 Å². The summed E-state index contributed by atoms with van der Waals surface area (Å²) in [6.07, 6.45) is -5.10. The van der Waals surface area contributed by atoms with Crippen LogP contribution in [0.15, 0.2) is 72.8 Å². The molecule has 0 radical (unpaired) electrons. The molecule has 238 valence electrons. The number of halogens is 3. The number of fused-ring (bicyclic) bond motifs is 5. The van der Waals surface area contributed by atoms with Crippen LogP contribution in [0.5, 0.6) is 0 Å². The lowest BCUT2D eigenvalue weighted by Gasteiger charge is -2.35. The molecule has 3 amide bonds. The second kappa shape index (κ2) is 12.9. The van der Waals surface area contributed by atoms with Crippen molar-refractivity contribution in [3.05, 3.63) is 89.6 Å². The second-order valence-corrected chi connectivity index (χ2v) is 11.7. The smallest absolute Gasteiger partial charge is 0.394 e. The Morgan fingerprint density at radius 3 is 2.56 bits per heavy atom. The molecule has 3 atom stereocenters. The Bertz CT molecular complexity index is 1700. The first-order valence-corrected chi connectivity index (χ1v) is 14.8. The van der Waals surface area contributed by atoms with Gasteiger partial charge in [0.05, 0.1) is 30.9 Å². The largest absolute Gasteiger partial charge is 0.416 e. The van der Waals surface area contributed by atoms with Crippen LogP contribution in [0.2, 0.25) is 0 Å². The zero-order valence-corrected chi connectivity index (χ0v) is 25.6. The molecular weight excluding hydrogens is 585 g/mol. The average molecular weight is 623 g/mol. The summed E-state index contributed by atoms with van der Waals surface area (Å²) >= 11 is 0. The maximum Gasteiger partial charge on any atom is 0.416 e. The number of aryl methyl sites for hydroxylation is 1. The summed E-state index contributed by atoms with van der Waals surface area (Å²) in [5, 5.41) is 13.6. The van der Waals surface area contributed by atoms with E-state index in [-0.39, 0.29) is 43.8 Å². The van der Waals surface area contributed by atoms with E-state index >= 15 is 0 Å². The van der Waals surface area contributed by atoms with Gasteiger partial charge in [-0.2, -0.15) is 13.2 Å². The van der Waals surface area contributed by atoms with Gasteiger partial charge in [0.2, 0.25) is 0 Å². The van der Waals surface area contributed by atoms with Gasteiger partial charge < -0.3 is 29.5 Å². The highest BCUT2D eigenvalue weighted by Crippen LogP contribution is 2.38. The molecule has 1 aliphatic rings. The van der Waals surface area contributed by atoms with Crippen molar-refractivity contribution in [2.75, 3.05) is 32.1 Å². The molecule has 11 heteroatoms. The molecule has 0 bridgehead atoms. The Labute approximate surface area is 260 Å². The molecule has 0 aliphatic carbocycles. The number of para-hydroxylation sites is 1. The molecular formula is C34H37F3N4O4. The van der Waals surface area contributed by atoms with E-state index < -0.39 is 29.9 Å². The minimum atomic E-state index is -4.54. The molecule has 0 spiro atoms. The van der Waals surface area contributed by atoms with Gasteiger partial charge in [0.15, 0.2) is 0 Å². The number of carbonyl (C=O) groups is 2. The molecule has 1 aliphatic heterocycles.